The van der Waals surface area contributed by atoms with Gasteiger partial charge in [-0.3, -0.25) is 0 Å². The molecule has 2 aromatic carbocycles. The molecule has 0 aliphatic rings. The lowest BCUT2D eigenvalue weighted by molar-refractivity contribution is 0.319. The fraction of sp³-hybridized carbons (Fsp3) is 0.263. The number of unbranched alkanes of at least 4 members (excludes halogenated alkanes) is 1. The Bertz CT molecular complexity index is 827. The van der Waals surface area contributed by atoms with Crippen LogP contribution >= 0.6 is 0 Å². The normalized spacial score (nSPS) is 12.5. The number of benzene rings is 2. The lowest BCUT2D eigenvalue weighted by Crippen LogP contribution is -2.07. The fourth-order valence-corrected chi connectivity index (χ4v) is 3.00. The SMILES string of the molecule is CCCC/C(=N\S(=O)(=O)c1ccc(C)cc1)O/N=C/c1ccccc1. The van der Waals surface area contributed by atoms with Crippen molar-refractivity contribution in [1.29, 1.82) is 0 Å². The Kier molecular flexibility index (Phi) is 6.89. The third-order valence-electron chi connectivity index (χ3n) is 3.44. The first-order valence-electron chi connectivity index (χ1n) is 8.17. The lowest BCUT2D eigenvalue weighted by atomic mass is 10.2. The van der Waals surface area contributed by atoms with Crippen LogP contribution in [-0.2, 0) is 14.9 Å². The largest absolute Gasteiger partial charge is 0.340 e. The maximum absolute atomic E-state index is 12.4. The fourth-order valence-electron chi connectivity index (χ4n) is 2.02. The smallest absolute Gasteiger partial charge is 0.285 e. The van der Waals surface area contributed by atoms with Gasteiger partial charge < -0.3 is 4.84 Å². The second-order valence-electron chi connectivity index (χ2n) is 5.61. The highest BCUT2D eigenvalue weighted by molar-refractivity contribution is 7.90. The van der Waals surface area contributed by atoms with E-state index in [9.17, 15) is 8.42 Å². The van der Waals surface area contributed by atoms with Crippen LogP contribution in [0.1, 0.15) is 37.3 Å². The van der Waals surface area contributed by atoms with E-state index in [0.29, 0.717) is 6.42 Å². The second kappa shape index (κ2) is 9.13. The number of hydrogen-bond donors (Lipinski definition) is 0. The van der Waals surface area contributed by atoms with Crippen molar-refractivity contribution >= 4 is 22.1 Å². The third kappa shape index (κ3) is 6.15. The summed E-state index contributed by atoms with van der Waals surface area (Å²) in [5.74, 6) is 0.0922. The predicted octanol–water partition coefficient (Wildman–Crippen LogP) is 4.32. The molecule has 0 amide bonds. The van der Waals surface area contributed by atoms with E-state index in [1.54, 1.807) is 24.3 Å². The summed E-state index contributed by atoms with van der Waals surface area (Å²) >= 11 is 0. The predicted molar refractivity (Wildman–Crippen MR) is 100 cm³/mol. The first-order chi connectivity index (χ1) is 12.0. The summed E-state index contributed by atoms with van der Waals surface area (Å²) < 4.78 is 28.7. The highest BCUT2D eigenvalue weighted by atomic mass is 32.2. The van der Waals surface area contributed by atoms with Gasteiger partial charge in [0.1, 0.15) is 0 Å². The minimum absolute atomic E-state index is 0.0922. The summed E-state index contributed by atoms with van der Waals surface area (Å²) in [6.07, 6.45) is 3.60. The number of rotatable bonds is 7. The van der Waals surface area contributed by atoms with E-state index in [1.807, 2.05) is 44.2 Å². The highest BCUT2D eigenvalue weighted by Gasteiger charge is 2.15. The van der Waals surface area contributed by atoms with Crippen LogP contribution in [0.4, 0.5) is 0 Å². The zero-order valence-corrected chi connectivity index (χ0v) is 15.2. The molecule has 0 saturated carbocycles. The third-order valence-corrected chi connectivity index (χ3v) is 4.76. The molecule has 6 heteroatoms. The molecule has 0 aliphatic heterocycles. The first kappa shape index (κ1) is 18.9. The van der Waals surface area contributed by atoms with Crippen LogP contribution in [0, 0.1) is 6.92 Å². The van der Waals surface area contributed by atoms with E-state index in [0.717, 1.165) is 24.0 Å². The molecule has 0 radical (unpaired) electrons. The van der Waals surface area contributed by atoms with Crippen molar-refractivity contribution in [2.24, 2.45) is 9.55 Å². The van der Waals surface area contributed by atoms with Crippen molar-refractivity contribution in [3.63, 3.8) is 0 Å². The van der Waals surface area contributed by atoms with Crippen LogP contribution in [0.15, 0.2) is 69.0 Å². The lowest BCUT2D eigenvalue weighted by Gasteiger charge is -2.04. The number of sulfonamides is 1. The van der Waals surface area contributed by atoms with Gasteiger partial charge in [0.05, 0.1) is 11.1 Å². The Morgan fingerprint density at radius 2 is 1.76 bits per heavy atom. The van der Waals surface area contributed by atoms with Crippen LogP contribution in [0.5, 0.6) is 0 Å². The summed E-state index contributed by atoms with van der Waals surface area (Å²) in [7, 11) is -3.81. The van der Waals surface area contributed by atoms with Gasteiger partial charge in [-0.15, -0.1) is 4.40 Å². The van der Waals surface area contributed by atoms with Crippen molar-refractivity contribution in [2.75, 3.05) is 0 Å². The van der Waals surface area contributed by atoms with Gasteiger partial charge in [0, 0.05) is 6.42 Å². The molecule has 5 nitrogen and oxygen atoms in total. The molecule has 0 aromatic heterocycles. The van der Waals surface area contributed by atoms with E-state index in [4.69, 9.17) is 4.84 Å². The van der Waals surface area contributed by atoms with Gasteiger partial charge >= 0.3 is 0 Å². The molecule has 2 rings (SSSR count). The van der Waals surface area contributed by atoms with Crippen molar-refractivity contribution in [3.8, 4) is 0 Å². The molecule has 0 N–H and O–H groups in total. The Hall–Kier alpha value is -2.47. The molecular weight excluding hydrogens is 336 g/mol. The molecule has 132 valence electrons. The second-order valence-corrected chi connectivity index (χ2v) is 7.22. The molecule has 0 atom stereocenters. The molecule has 0 saturated heterocycles. The topological polar surface area (TPSA) is 68.1 Å². The summed E-state index contributed by atoms with van der Waals surface area (Å²) in [6.45, 7) is 3.91. The van der Waals surface area contributed by atoms with Gasteiger partial charge in [0.15, 0.2) is 0 Å². The maximum Gasteiger partial charge on any atom is 0.285 e. The van der Waals surface area contributed by atoms with E-state index < -0.39 is 10.0 Å². The standard InChI is InChI=1S/C19H22N2O3S/c1-3-4-10-19(24-20-15-17-8-6-5-7-9-17)21-25(22,23)18-13-11-16(2)12-14-18/h5-9,11-15H,3-4,10H2,1-2H3/b20-15+,21-19+. The first-order valence-corrected chi connectivity index (χ1v) is 9.61. The Balaban J connectivity index is 2.18. The van der Waals surface area contributed by atoms with Gasteiger partial charge in [-0.05, 0) is 31.0 Å². The number of nitrogens with zero attached hydrogens (tertiary/aromatic N) is 2. The average molecular weight is 358 g/mol. The summed E-state index contributed by atoms with van der Waals surface area (Å²) in [4.78, 5) is 5.41. The molecule has 25 heavy (non-hydrogen) atoms. The van der Waals surface area contributed by atoms with E-state index in [2.05, 4.69) is 9.55 Å². The van der Waals surface area contributed by atoms with Crippen molar-refractivity contribution < 1.29 is 13.3 Å². The van der Waals surface area contributed by atoms with E-state index in [-0.39, 0.29) is 10.8 Å². The van der Waals surface area contributed by atoms with Gasteiger partial charge in [-0.25, -0.2) is 0 Å². The van der Waals surface area contributed by atoms with Crippen LogP contribution in [0.2, 0.25) is 0 Å². The molecule has 0 bridgehead atoms. The van der Waals surface area contributed by atoms with Crippen molar-refractivity contribution in [1.82, 2.24) is 0 Å². The minimum Gasteiger partial charge on any atom is -0.340 e. The molecule has 0 aliphatic carbocycles. The van der Waals surface area contributed by atoms with E-state index in [1.165, 1.54) is 6.21 Å². The zero-order chi connectivity index (χ0) is 18.1. The van der Waals surface area contributed by atoms with Crippen molar-refractivity contribution in [3.05, 3.63) is 65.7 Å². The Morgan fingerprint density at radius 3 is 2.40 bits per heavy atom. The van der Waals surface area contributed by atoms with Crippen LogP contribution in [-0.4, -0.2) is 20.5 Å². The maximum atomic E-state index is 12.4. The minimum atomic E-state index is -3.81. The average Bonchev–Trinajstić information content (AvgIpc) is 2.60. The van der Waals surface area contributed by atoms with Gasteiger partial charge in [-0.1, -0.05) is 66.5 Å². The van der Waals surface area contributed by atoms with Gasteiger partial charge in [0.25, 0.3) is 10.0 Å². The Morgan fingerprint density at radius 1 is 1.08 bits per heavy atom. The van der Waals surface area contributed by atoms with Gasteiger partial charge in [0.2, 0.25) is 5.90 Å². The molecular formula is C19H22N2O3S. The monoisotopic (exact) mass is 358 g/mol. The van der Waals surface area contributed by atoms with E-state index >= 15 is 0 Å². The van der Waals surface area contributed by atoms with Crippen LogP contribution in [0.25, 0.3) is 0 Å². The van der Waals surface area contributed by atoms with Gasteiger partial charge in [-0.2, -0.15) is 8.42 Å². The highest BCUT2D eigenvalue weighted by Crippen LogP contribution is 2.15. The summed E-state index contributed by atoms with van der Waals surface area (Å²) in [6, 6.07) is 16.0. The number of oxime groups is 1. The number of aryl methyl sites for hydroxylation is 1. The zero-order valence-electron chi connectivity index (χ0n) is 14.4. The van der Waals surface area contributed by atoms with Crippen molar-refractivity contribution in [2.45, 2.75) is 38.0 Å². The molecule has 0 heterocycles. The van der Waals surface area contributed by atoms with Crippen LogP contribution < -0.4 is 0 Å². The quantitative estimate of drug-likeness (QED) is 0.420. The molecule has 0 fully saturated rings. The number of hydrogen-bond acceptors (Lipinski definition) is 4. The van der Waals surface area contributed by atoms with Crippen LogP contribution in [0.3, 0.4) is 0 Å². The molecule has 0 spiro atoms. The summed E-state index contributed by atoms with van der Waals surface area (Å²) in [5, 5.41) is 3.87. The Labute approximate surface area is 149 Å². The molecule has 0 unspecified atom stereocenters. The summed E-state index contributed by atoms with van der Waals surface area (Å²) in [5.41, 5.74) is 1.84. The molecule has 2 aromatic rings.